The van der Waals surface area contributed by atoms with Gasteiger partial charge in [0.2, 0.25) is 5.91 Å². The molecule has 1 N–H and O–H groups in total. The molecule has 1 saturated heterocycles. The van der Waals surface area contributed by atoms with Gasteiger partial charge in [-0.2, -0.15) is 0 Å². The second-order valence-electron chi connectivity index (χ2n) is 5.85. The highest BCUT2D eigenvalue weighted by Gasteiger charge is 2.30. The Labute approximate surface area is 136 Å². The van der Waals surface area contributed by atoms with Crippen molar-refractivity contribution in [3.05, 3.63) is 60.2 Å². The molecule has 1 atom stereocenters. The van der Waals surface area contributed by atoms with Crippen LogP contribution in [0, 0.1) is 0 Å². The van der Waals surface area contributed by atoms with Crippen molar-refractivity contribution >= 4 is 5.91 Å². The summed E-state index contributed by atoms with van der Waals surface area (Å²) in [5, 5.41) is 3.04. The topological polar surface area (TPSA) is 58.1 Å². The van der Waals surface area contributed by atoms with E-state index >= 15 is 0 Å². The first kappa shape index (κ1) is 15.6. The molecule has 1 aliphatic rings. The van der Waals surface area contributed by atoms with Gasteiger partial charge in [-0.05, 0) is 24.9 Å². The van der Waals surface area contributed by atoms with E-state index in [9.17, 15) is 4.79 Å². The van der Waals surface area contributed by atoms with E-state index in [1.54, 1.807) is 18.6 Å². The first-order chi connectivity index (χ1) is 11.3. The van der Waals surface area contributed by atoms with Crippen molar-refractivity contribution in [3.63, 3.8) is 0 Å². The van der Waals surface area contributed by atoms with Crippen molar-refractivity contribution < 1.29 is 4.79 Å². The zero-order valence-corrected chi connectivity index (χ0v) is 13.2. The minimum absolute atomic E-state index is 0.0166. The highest BCUT2D eigenvalue weighted by atomic mass is 16.2. The molecule has 2 aromatic rings. The molecule has 5 heteroatoms. The minimum Gasteiger partial charge on any atom is -0.354 e. The number of hydrogen-bond acceptors (Lipinski definition) is 4. The molecule has 3 rings (SSSR count). The summed E-state index contributed by atoms with van der Waals surface area (Å²) in [6.07, 6.45) is 7.80. The van der Waals surface area contributed by atoms with Crippen molar-refractivity contribution in [2.75, 3.05) is 13.1 Å². The van der Waals surface area contributed by atoms with Crippen LogP contribution in [0.4, 0.5) is 0 Å². The van der Waals surface area contributed by atoms with Gasteiger partial charge in [0.25, 0.3) is 0 Å². The molecule has 1 fully saturated rings. The van der Waals surface area contributed by atoms with Gasteiger partial charge in [0.05, 0.1) is 11.7 Å². The molecule has 0 aliphatic carbocycles. The van der Waals surface area contributed by atoms with Crippen molar-refractivity contribution in [2.24, 2.45) is 0 Å². The van der Waals surface area contributed by atoms with Crippen molar-refractivity contribution in [2.45, 2.75) is 31.8 Å². The lowest BCUT2D eigenvalue weighted by Crippen LogP contribution is -2.43. The Balaban J connectivity index is 1.50. The van der Waals surface area contributed by atoms with Gasteiger partial charge in [0.1, 0.15) is 0 Å². The Morgan fingerprint density at radius 3 is 2.91 bits per heavy atom. The number of aromatic nitrogens is 2. The Kier molecular flexibility index (Phi) is 5.32. The monoisotopic (exact) mass is 310 g/mol. The van der Waals surface area contributed by atoms with Crippen LogP contribution in [0.5, 0.6) is 0 Å². The highest BCUT2D eigenvalue weighted by molar-refractivity contribution is 5.82. The highest BCUT2D eigenvalue weighted by Crippen LogP contribution is 2.20. The lowest BCUT2D eigenvalue weighted by molar-refractivity contribution is -0.125. The van der Waals surface area contributed by atoms with E-state index in [0.29, 0.717) is 13.0 Å². The molecule has 5 nitrogen and oxygen atoms in total. The van der Waals surface area contributed by atoms with Crippen LogP contribution in [-0.2, 0) is 17.8 Å². The normalized spacial score (nSPS) is 18.0. The van der Waals surface area contributed by atoms with E-state index in [-0.39, 0.29) is 11.9 Å². The fraction of sp³-hybridized carbons (Fsp3) is 0.389. The fourth-order valence-electron chi connectivity index (χ4n) is 3.02. The first-order valence-electron chi connectivity index (χ1n) is 8.13. The quantitative estimate of drug-likeness (QED) is 0.884. The average molecular weight is 310 g/mol. The first-order valence-corrected chi connectivity index (χ1v) is 8.13. The van der Waals surface area contributed by atoms with Crippen LogP contribution >= 0.6 is 0 Å². The summed E-state index contributed by atoms with van der Waals surface area (Å²) >= 11 is 0. The van der Waals surface area contributed by atoms with Crippen LogP contribution in [0.3, 0.4) is 0 Å². The second kappa shape index (κ2) is 7.83. The number of nitrogens with zero attached hydrogens (tertiary/aromatic N) is 3. The molecular weight excluding hydrogens is 288 g/mol. The number of carbonyl (C=O) groups excluding carboxylic acids is 1. The van der Waals surface area contributed by atoms with Gasteiger partial charge in [0.15, 0.2) is 0 Å². The molecule has 0 unspecified atom stereocenters. The summed E-state index contributed by atoms with van der Waals surface area (Å²) < 4.78 is 0. The molecule has 120 valence electrons. The van der Waals surface area contributed by atoms with E-state index in [0.717, 1.165) is 31.6 Å². The Hall–Kier alpha value is -2.27. The predicted octanol–water partition coefficient (Wildman–Crippen LogP) is 1.80. The third-order valence-corrected chi connectivity index (χ3v) is 4.19. The molecular formula is C18H22N4O. The van der Waals surface area contributed by atoms with E-state index in [1.165, 1.54) is 5.56 Å². The van der Waals surface area contributed by atoms with Crippen molar-refractivity contribution in [3.8, 4) is 0 Å². The zero-order chi connectivity index (χ0) is 15.9. The number of likely N-dealkylation sites (tertiary alicyclic amines) is 1. The standard InChI is InChI=1S/C18H22N4O/c23-18(21-9-8-16-13-19-10-11-20-16)17-7-4-12-22(17)14-15-5-2-1-3-6-15/h1-3,5-6,10-11,13,17H,4,7-9,12,14H2,(H,21,23)/t17-/m0/s1. The zero-order valence-electron chi connectivity index (χ0n) is 13.2. The summed E-state index contributed by atoms with van der Waals surface area (Å²) in [7, 11) is 0. The van der Waals surface area contributed by atoms with Crippen LogP contribution in [0.25, 0.3) is 0 Å². The third-order valence-electron chi connectivity index (χ3n) is 4.19. The molecule has 2 heterocycles. The van der Waals surface area contributed by atoms with E-state index in [2.05, 4.69) is 32.3 Å². The summed E-state index contributed by atoms with van der Waals surface area (Å²) in [4.78, 5) is 23.0. The molecule has 0 spiro atoms. The summed E-state index contributed by atoms with van der Waals surface area (Å²) in [5.41, 5.74) is 2.16. The maximum atomic E-state index is 12.4. The van der Waals surface area contributed by atoms with E-state index in [1.807, 2.05) is 18.2 Å². The number of nitrogens with one attached hydrogen (secondary N) is 1. The maximum Gasteiger partial charge on any atom is 0.237 e. The maximum absolute atomic E-state index is 12.4. The van der Waals surface area contributed by atoms with Crippen LogP contribution < -0.4 is 5.32 Å². The SMILES string of the molecule is O=C(NCCc1cnccn1)[C@@H]1CCCN1Cc1ccccc1. The van der Waals surface area contributed by atoms with Gasteiger partial charge in [0, 0.05) is 38.1 Å². The van der Waals surface area contributed by atoms with Gasteiger partial charge in [-0.3, -0.25) is 19.7 Å². The van der Waals surface area contributed by atoms with Gasteiger partial charge in [-0.25, -0.2) is 0 Å². The van der Waals surface area contributed by atoms with E-state index < -0.39 is 0 Å². The van der Waals surface area contributed by atoms with E-state index in [4.69, 9.17) is 0 Å². The van der Waals surface area contributed by atoms with Crippen LogP contribution in [0.15, 0.2) is 48.9 Å². The summed E-state index contributed by atoms with van der Waals surface area (Å²) in [6.45, 7) is 2.42. The van der Waals surface area contributed by atoms with Crippen molar-refractivity contribution in [1.29, 1.82) is 0 Å². The van der Waals surface area contributed by atoms with Gasteiger partial charge < -0.3 is 5.32 Å². The molecule has 0 radical (unpaired) electrons. The van der Waals surface area contributed by atoms with Crippen LogP contribution in [-0.4, -0.2) is 39.9 Å². The summed E-state index contributed by atoms with van der Waals surface area (Å²) in [5.74, 6) is 0.127. The third kappa shape index (κ3) is 4.36. The largest absolute Gasteiger partial charge is 0.354 e. The second-order valence-corrected chi connectivity index (χ2v) is 5.85. The molecule has 1 aliphatic heterocycles. The number of benzene rings is 1. The van der Waals surface area contributed by atoms with Crippen molar-refractivity contribution in [1.82, 2.24) is 20.2 Å². The number of amides is 1. The van der Waals surface area contributed by atoms with Gasteiger partial charge in [-0.1, -0.05) is 30.3 Å². The average Bonchev–Trinajstić information content (AvgIpc) is 3.05. The van der Waals surface area contributed by atoms with Crippen LogP contribution in [0.2, 0.25) is 0 Å². The molecule has 1 amide bonds. The Morgan fingerprint density at radius 1 is 1.26 bits per heavy atom. The number of rotatable bonds is 6. The predicted molar refractivity (Wildman–Crippen MR) is 88.6 cm³/mol. The molecule has 23 heavy (non-hydrogen) atoms. The Morgan fingerprint density at radius 2 is 2.13 bits per heavy atom. The fourth-order valence-corrected chi connectivity index (χ4v) is 3.02. The molecule has 1 aromatic heterocycles. The number of carbonyl (C=O) groups is 1. The van der Waals surface area contributed by atoms with Gasteiger partial charge >= 0.3 is 0 Å². The number of hydrogen-bond donors (Lipinski definition) is 1. The molecule has 0 saturated carbocycles. The molecule has 0 bridgehead atoms. The lowest BCUT2D eigenvalue weighted by Gasteiger charge is -2.23. The smallest absolute Gasteiger partial charge is 0.237 e. The summed E-state index contributed by atoms with van der Waals surface area (Å²) in [6, 6.07) is 10.3. The Bertz CT molecular complexity index is 617. The van der Waals surface area contributed by atoms with Crippen LogP contribution in [0.1, 0.15) is 24.1 Å². The minimum atomic E-state index is -0.0166. The van der Waals surface area contributed by atoms with Gasteiger partial charge in [-0.15, -0.1) is 0 Å². The molecule has 1 aromatic carbocycles. The lowest BCUT2D eigenvalue weighted by atomic mass is 10.1.